The predicted octanol–water partition coefficient (Wildman–Crippen LogP) is 0.0516. The van der Waals surface area contributed by atoms with Crippen molar-refractivity contribution in [3.8, 4) is 0 Å². The lowest BCUT2D eigenvalue weighted by Gasteiger charge is -2.10. The summed E-state index contributed by atoms with van der Waals surface area (Å²) in [6.45, 7) is 0. The molecule has 1 saturated heterocycles. The second kappa shape index (κ2) is 3.85. The molecular weight excluding hydrogens is 183 g/mol. The Morgan fingerprint density at radius 1 is 1.42 bits per heavy atom. The number of aliphatic hydroxyl groups excluding tert-OH is 1. The van der Waals surface area contributed by atoms with Crippen molar-refractivity contribution in [3.05, 3.63) is 0 Å². The van der Waals surface area contributed by atoms with E-state index in [1.54, 1.807) is 0 Å². The number of hydrogen-bond donors (Lipinski definition) is 3. The van der Waals surface area contributed by atoms with E-state index in [1.165, 1.54) is 0 Å². The van der Waals surface area contributed by atoms with Crippen LogP contribution in [-0.4, -0.2) is 33.4 Å². The van der Waals surface area contributed by atoms with E-state index < -0.39 is 13.9 Å². The van der Waals surface area contributed by atoms with Crippen molar-refractivity contribution in [2.75, 3.05) is 6.16 Å². The van der Waals surface area contributed by atoms with Crippen molar-refractivity contribution in [3.63, 3.8) is 0 Å². The molecule has 1 aliphatic rings. The maximum absolute atomic E-state index is 10.4. The van der Waals surface area contributed by atoms with Gasteiger partial charge in [-0.05, 0) is 12.8 Å². The Morgan fingerprint density at radius 3 is 2.50 bits per heavy atom. The van der Waals surface area contributed by atoms with Crippen molar-refractivity contribution < 1.29 is 24.2 Å². The summed E-state index contributed by atoms with van der Waals surface area (Å²) in [5.41, 5.74) is 0. The van der Waals surface area contributed by atoms with Crippen LogP contribution in [0.3, 0.4) is 0 Å². The van der Waals surface area contributed by atoms with Gasteiger partial charge in [0.25, 0.3) is 0 Å². The Morgan fingerprint density at radius 2 is 2.08 bits per heavy atom. The molecule has 1 fully saturated rings. The fraction of sp³-hybridized carbons (Fsp3) is 1.00. The minimum absolute atomic E-state index is 0.162. The van der Waals surface area contributed by atoms with Crippen molar-refractivity contribution in [1.29, 1.82) is 0 Å². The van der Waals surface area contributed by atoms with Crippen LogP contribution in [0, 0.1) is 0 Å². The fourth-order valence-electron chi connectivity index (χ4n) is 1.21. The first-order valence-electron chi connectivity index (χ1n) is 3.85. The summed E-state index contributed by atoms with van der Waals surface area (Å²) in [7, 11) is -3.90. The van der Waals surface area contributed by atoms with Gasteiger partial charge in [-0.15, -0.1) is 0 Å². The zero-order valence-corrected chi connectivity index (χ0v) is 7.48. The molecule has 2 atom stereocenters. The van der Waals surface area contributed by atoms with Gasteiger partial charge in [-0.1, -0.05) is 0 Å². The molecule has 0 aliphatic carbocycles. The molecule has 3 N–H and O–H groups in total. The van der Waals surface area contributed by atoms with Crippen molar-refractivity contribution in [2.24, 2.45) is 0 Å². The molecule has 5 nitrogen and oxygen atoms in total. The highest BCUT2D eigenvalue weighted by molar-refractivity contribution is 7.51. The van der Waals surface area contributed by atoms with Crippen molar-refractivity contribution in [2.45, 2.75) is 31.7 Å². The van der Waals surface area contributed by atoms with Crippen LogP contribution in [-0.2, 0) is 9.30 Å². The largest absolute Gasteiger partial charge is 0.368 e. The SMILES string of the molecule is O=P(O)(O)CC[C@@H]1CC[C@@H](O)O1. The number of hydrogen-bond acceptors (Lipinski definition) is 3. The minimum atomic E-state index is -3.90. The van der Waals surface area contributed by atoms with Crippen LogP contribution >= 0.6 is 7.60 Å². The maximum Gasteiger partial charge on any atom is 0.325 e. The van der Waals surface area contributed by atoms with Crippen molar-refractivity contribution >= 4 is 7.60 Å². The average Bonchev–Trinajstić information content (AvgIpc) is 2.30. The first-order chi connectivity index (χ1) is 5.47. The van der Waals surface area contributed by atoms with Gasteiger partial charge in [-0.3, -0.25) is 4.57 Å². The highest BCUT2D eigenvalue weighted by atomic mass is 31.2. The Hall–Kier alpha value is 0.0700. The number of ether oxygens (including phenoxy) is 1. The first kappa shape index (κ1) is 10.2. The summed E-state index contributed by atoms with van der Waals surface area (Å²) in [5.74, 6) is 0. The summed E-state index contributed by atoms with van der Waals surface area (Å²) < 4.78 is 15.4. The van der Waals surface area contributed by atoms with Gasteiger partial charge < -0.3 is 19.6 Å². The summed E-state index contributed by atoms with van der Waals surface area (Å²) in [6, 6.07) is 0. The first-order valence-corrected chi connectivity index (χ1v) is 5.65. The highest BCUT2D eigenvalue weighted by Gasteiger charge is 2.25. The average molecular weight is 196 g/mol. The molecule has 0 unspecified atom stereocenters. The Bertz CT molecular complexity index is 188. The Balaban J connectivity index is 2.21. The lowest BCUT2D eigenvalue weighted by atomic mass is 10.2. The number of aliphatic hydroxyl groups is 1. The van der Waals surface area contributed by atoms with E-state index in [9.17, 15) is 4.57 Å². The van der Waals surface area contributed by atoms with E-state index in [0.717, 1.165) is 0 Å². The summed E-state index contributed by atoms with van der Waals surface area (Å²) >= 11 is 0. The lowest BCUT2D eigenvalue weighted by Crippen LogP contribution is -2.11. The molecule has 0 aromatic rings. The quantitative estimate of drug-likeness (QED) is 0.555. The molecule has 0 radical (unpaired) electrons. The van der Waals surface area contributed by atoms with Gasteiger partial charge in [0.15, 0.2) is 6.29 Å². The number of rotatable bonds is 3. The molecule has 0 spiro atoms. The van der Waals surface area contributed by atoms with Gasteiger partial charge in [-0.25, -0.2) is 0 Å². The third kappa shape index (κ3) is 3.65. The van der Waals surface area contributed by atoms with Gasteiger partial charge >= 0.3 is 7.60 Å². The van der Waals surface area contributed by atoms with E-state index in [2.05, 4.69) is 0 Å². The van der Waals surface area contributed by atoms with Crippen LogP contribution in [0.1, 0.15) is 19.3 Å². The molecule has 0 aromatic heterocycles. The minimum Gasteiger partial charge on any atom is -0.368 e. The Labute approximate surface area is 70.5 Å². The smallest absolute Gasteiger partial charge is 0.325 e. The van der Waals surface area contributed by atoms with E-state index in [-0.39, 0.29) is 12.3 Å². The summed E-state index contributed by atoms with van der Waals surface area (Å²) in [6.07, 6.45) is 0.470. The van der Waals surface area contributed by atoms with Crippen LogP contribution in [0.2, 0.25) is 0 Å². The van der Waals surface area contributed by atoms with E-state index in [1.807, 2.05) is 0 Å². The van der Waals surface area contributed by atoms with Crippen LogP contribution in [0.5, 0.6) is 0 Å². The highest BCUT2D eigenvalue weighted by Crippen LogP contribution is 2.36. The third-order valence-corrected chi connectivity index (χ3v) is 2.67. The molecule has 0 aromatic carbocycles. The molecular formula is C6H13O5P. The maximum atomic E-state index is 10.4. The standard InChI is InChI=1S/C6H13O5P/c7-6-2-1-5(11-6)3-4-12(8,9)10/h5-7H,1-4H2,(H2,8,9,10)/t5-,6-/m0/s1. The van der Waals surface area contributed by atoms with Gasteiger partial charge in [0.1, 0.15) is 0 Å². The van der Waals surface area contributed by atoms with Crippen LogP contribution in [0.15, 0.2) is 0 Å². The summed E-state index contributed by atoms with van der Waals surface area (Å²) in [4.78, 5) is 17.1. The molecule has 1 aliphatic heterocycles. The molecule has 0 bridgehead atoms. The molecule has 0 amide bonds. The van der Waals surface area contributed by atoms with E-state index >= 15 is 0 Å². The van der Waals surface area contributed by atoms with Crippen molar-refractivity contribution in [1.82, 2.24) is 0 Å². The molecule has 1 rings (SSSR count). The molecule has 12 heavy (non-hydrogen) atoms. The van der Waals surface area contributed by atoms with Gasteiger partial charge in [0, 0.05) is 6.42 Å². The topological polar surface area (TPSA) is 87.0 Å². The lowest BCUT2D eigenvalue weighted by molar-refractivity contribution is -0.0904. The molecule has 0 saturated carbocycles. The third-order valence-electron chi connectivity index (χ3n) is 1.83. The fourth-order valence-corrected chi connectivity index (χ4v) is 1.84. The van der Waals surface area contributed by atoms with Crippen LogP contribution in [0.4, 0.5) is 0 Å². The van der Waals surface area contributed by atoms with Gasteiger partial charge in [-0.2, -0.15) is 0 Å². The zero-order chi connectivity index (χ0) is 9.19. The van der Waals surface area contributed by atoms with Crippen LogP contribution in [0.25, 0.3) is 0 Å². The molecule has 72 valence electrons. The van der Waals surface area contributed by atoms with Crippen LogP contribution < -0.4 is 0 Å². The van der Waals surface area contributed by atoms with E-state index in [4.69, 9.17) is 19.6 Å². The normalized spacial score (nSPS) is 30.9. The second-order valence-corrected chi connectivity index (χ2v) is 4.74. The Kier molecular flexibility index (Phi) is 3.26. The monoisotopic (exact) mass is 196 g/mol. The molecule has 6 heteroatoms. The van der Waals surface area contributed by atoms with Gasteiger partial charge in [0.2, 0.25) is 0 Å². The second-order valence-electron chi connectivity index (χ2n) is 2.97. The molecule has 1 heterocycles. The zero-order valence-electron chi connectivity index (χ0n) is 6.59. The summed E-state index contributed by atoms with van der Waals surface area (Å²) in [5, 5.41) is 8.91. The predicted molar refractivity (Wildman–Crippen MR) is 41.6 cm³/mol. The van der Waals surface area contributed by atoms with E-state index in [0.29, 0.717) is 19.3 Å². The van der Waals surface area contributed by atoms with Gasteiger partial charge in [0.05, 0.1) is 12.3 Å².